The standard InChI is InChI=1S/C18H9F3O6P.Li/c19-10-4-1-7-13-16(10)25-28(22-13,23-14-8-2-5-11(20)17(14)26-28)24-15-9-3-6-12(21)18(15)27-28;/h1-9H;/q-1;+1. The fourth-order valence-corrected chi connectivity index (χ4v) is 7.23. The van der Waals surface area contributed by atoms with Crippen molar-refractivity contribution < 1.29 is 59.2 Å². The van der Waals surface area contributed by atoms with Gasteiger partial charge in [0.2, 0.25) is 0 Å². The molecule has 29 heavy (non-hydrogen) atoms. The zero-order valence-electron chi connectivity index (χ0n) is 14.7. The fraction of sp³-hybridized carbons (Fsp3) is 0. The Labute approximate surface area is 173 Å². The van der Waals surface area contributed by atoms with Crippen LogP contribution in [0.5, 0.6) is 34.5 Å². The topological polar surface area (TPSA) is 55.4 Å². The van der Waals surface area contributed by atoms with Gasteiger partial charge in [-0.05, 0) is 0 Å². The largest absolute Gasteiger partial charge is 1.00 e. The Kier molecular flexibility index (Phi) is 3.19. The summed E-state index contributed by atoms with van der Waals surface area (Å²) < 4.78 is 77.8. The number of halogens is 3. The van der Waals surface area contributed by atoms with Crippen LogP contribution in [-0.2, 0) is 0 Å². The molecule has 3 heterocycles. The fourth-order valence-electron chi connectivity index (χ4n) is 3.39. The first-order valence-corrected chi connectivity index (χ1v) is 10.3. The Hall–Kier alpha value is -2.72. The van der Waals surface area contributed by atoms with Crippen LogP contribution >= 0.6 is 7.31 Å². The second kappa shape index (κ2) is 5.06. The average Bonchev–Trinajstić information content (AvgIpc) is 3.23. The van der Waals surface area contributed by atoms with E-state index in [1.54, 1.807) is 0 Å². The van der Waals surface area contributed by atoms with Crippen molar-refractivity contribution in [2.75, 3.05) is 0 Å². The third-order valence-electron chi connectivity index (χ3n) is 4.48. The average molecular weight is 416 g/mol. The summed E-state index contributed by atoms with van der Waals surface area (Å²) in [4.78, 5) is 0. The summed E-state index contributed by atoms with van der Waals surface area (Å²) in [6, 6.07) is 11.4. The normalized spacial score (nSPS) is 21.6. The smallest absolute Gasteiger partial charge is 1.00 e. The Morgan fingerprint density at radius 1 is 0.483 bits per heavy atom. The molecule has 3 aromatic rings. The van der Waals surface area contributed by atoms with Crippen molar-refractivity contribution in [3.05, 3.63) is 72.0 Å². The minimum absolute atomic E-state index is 0. The quantitative estimate of drug-likeness (QED) is 0.415. The first-order chi connectivity index (χ1) is 13.4. The predicted octanol–water partition coefficient (Wildman–Crippen LogP) is 2.40. The van der Waals surface area contributed by atoms with Gasteiger partial charge in [0, 0.05) is 0 Å². The van der Waals surface area contributed by atoms with Gasteiger partial charge in [-0.3, -0.25) is 0 Å². The minimum Gasteiger partial charge on any atom is 1.00 e. The molecule has 6 rings (SSSR count). The summed E-state index contributed by atoms with van der Waals surface area (Å²) in [5.74, 6) is -4.30. The van der Waals surface area contributed by atoms with Crippen LogP contribution < -0.4 is 46.0 Å². The molecule has 0 radical (unpaired) electrons. The van der Waals surface area contributed by atoms with Gasteiger partial charge in [0.15, 0.2) is 0 Å². The first-order valence-electron chi connectivity index (χ1n) is 8.12. The molecule has 144 valence electrons. The molecule has 0 saturated heterocycles. The van der Waals surface area contributed by atoms with Gasteiger partial charge in [0.05, 0.1) is 0 Å². The maximum absolute atomic E-state index is 14.4. The first kappa shape index (κ1) is 18.3. The van der Waals surface area contributed by atoms with Crippen LogP contribution in [0.1, 0.15) is 0 Å². The van der Waals surface area contributed by atoms with E-state index < -0.39 is 42.0 Å². The van der Waals surface area contributed by atoms with Gasteiger partial charge in [-0.1, -0.05) is 0 Å². The molecular weight excluding hydrogens is 407 g/mol. The van der Waals surface area contributed by atoms with Gasteiger partial charge in [-0.15, -0.1) is 0 Å². The molecule has 0 atom stereocenters. The summed E-state index contributed by atoms with van der Waals surface area (Å²) in [5, 5.41) is 0. The summed E-state index contributed by atoms with van der Waals surface area (Å²) in [6.45, 7) is 0. The van der Waals surface area contributed by atoms with Crippen molar-refractivity contribution in [1.29, 1.82) is 0 Å². The molecule has 0 aromatic heterocycles. The molecule has 0 aliphatic carbocycles. The van der Waals surface area contributed by atoms with Gasteiger partial charge >= 0.3 is 173 Å². The van der Waals surface area contributed by atoms with E-state index in [9.17, 15) is 13.2 Å². The van der Waals surface area contributed by atoms with E-state index >= 15 is 0 Å². The zero-order chi connectivity index (χ0) is 19.2. The van der Waals surface area contributed by atoms with E-state index in [-0.39, 0.29) is 36.1 Å². The minimum atomic E-state index is -6.39. The molecule has 0 bridgehead atoms. The Balaban J connectivity index is 0.00000181. The van der Waals surface area contributed by atoms with Crippen LogP contribution in [0.15, 0.2) is 54.6 Å². The molecule has 3 aliphatic rings. The predicted molar refractivity (Wildman–Crippen MR) is 89.9 cm³/mol. The summed E-state index contributed by atoms with van der Waals surface area (Å²) >= 11 is 0. The zero-order valence-corrected chi connectivity index (χ0v) is 15.6. The molecule has 0 amide bonds. The number of para-hydroxylation sites is 3. The van der Waals surface area contributed by atoms with E-state index in [4.69, 9.17) is 27.1 Å². The Morgan fingerprint density at radius 3 is 1.07 bits per heavy atom. The van der Waals surface area contributed by atoms with E-state index in [0.29, 0.717) is 0 Å². The molecule has 0 fully saturated rings. The maximum atomic E-state index is 14.4. The van der Waals surface area contributed by atoms with Crippen LogP contribution in [0.3, 0.4) is 0 Å². The van der Waals surface area contributed by atoms with Crippen molar-refractivity contribution in [1.82, 2.24) is 0 Å². The molecule has 0 saturated carbocycles. The van der Waals surface area contributed by atoms with Gasteiger partial charge < -0.3 is 0 Å². The van der Waals surface area contributed by atoms with Crippen molar-refractivity contribution >= 4 is 7.31 Å². The Morgan fingerprint density at radius 2 is 0.793 bits per heavy atom. The van der Waals surface area contributed by atoms with Gasteiger partial charge in [-0.25, -0.2) is 0 Å². The molecule has 1 spiro atoms. The van der Waals surface area contributed by atoms with E-state index in [1.165, 1.54) is 36.4 Å². The molecule has 3 aliphatic heterocycles. The van der Waals surface area contributed by atoms with Crippen LogP contribution in [0.25, 0.3) is 0 Å². The van der Waals surface area contributed by atoms with E-state index in [1.807, 2.05) is 0 Å². The molecular formula is C18H9F3LiO6P. The third-order valence-corrected chi connectivity index (χ3v) is 7.85. The molecule has 0 N–H and O–H groups in total. The third kappa shape index (κ3) is 2.07. The molecule has 0 unspecified atom stereocenters. The van der Waals surface area contributed by atoms with E-state index in [2.05, 4.69) is 0 Å². The number of hydrogen-bond acceptors (Lipinski definition) is 6. The number of hydrogen-bond donors (Lipinski definition) is 0. The van der Waals surface area contributed by atoms with Crippen LogP contribution in [-0.4, -0.2) is 0 Å². The van der Waals surface area contributed by atoms with Gasteiger partial charge in [0.1, 0.15) is 0 Å². The van der Waals surface area contributed by atoms with Crippen molar-refractivity contribution in [3.8, 4) is 34.5 Å². The van der Waals surface area contributed by atoms with Gasteiger partial charge in [-0.2, -0.15) is 0 Å². The number of fused-ring (bicyclic) bond motifs is 3. The van der Waals surface area contributed by atoms with Crippen molar-refractivity contribution in [3.63, 3.8) is 0 Å². The maximum Gasteiger partial charge on any atom is 1.00 e. The SMILES string of the molecule is Fc1cccc2c1O[P-]13(O2)(Oc2cccc(F)c2O1)Oc1cccc(F)c1O3.[Li+]. The Bertz CT molecular complexity index is 1080. The van der Waals surface area contributed by atoms with Crippen LogP contribution in [0, 0.1) is 17.5 Å². The summed E-state index contributed by atoms with van der Waals surface area (Å²) in [5.41, 5.74) is 0. The van der Waals surface area contributed by atoms with E-state index in [0.717, 1.165) is 18.2 Å². The van der Waals surface area contributed by atoms with Crippen molar-refractivity contribution in [2.24, 2.45) is 0 Å². The van der Waals surface area contributed by atoms with Crippen LogP contribution in [0.4, 0.5) is 13.2 Å². The summed E-state index contributed by atoms with van der Waals surface area (Å²) in [7, 11) is -6.39. The number of benzene rings is 3. The second-order valence-electron chi connectivity index (χ2n) is 6.37. The van der Waals surface area contributed by atoms with Gasteiger partial charge in [0.25, 0.3) is 0 Å². The molecule has 6 nitrogen and oxygen atoms in total. The molecule has 3 aromatic carbocycles. The van der Waals surface area contributed by atoms with Crippen molar-refractivity contribution in [2.45, 2.75) is 0 Å². The van der Waals surface area contributed by atoms with Crippen LogP contribution in [0.2, 0.25) is 0 Å². The molecule has 11 heteroatoms. The second-order valence-corrected chi connectivity index (χ2v) is 9.70. The monoisotopic (exact) mass is 416 g/mol. The summed E-state index contributed by atoms with van der Waals surface area (Å²) in [6.07, 6.45) is 0. The number of rotatable bonds is 0.